The highest BCUT2D eigenvalue weighted by Gasteiger charge is 2.19. The van der Waals surface area contributed by atoms with Gasteiger partial charge >= 0.3 is 0 Å². The van der Waals surface area contributed by atoms with Crippen molar-refractivity contribution in [1.29, 1.82) is 0 Å². The van der Waals surface area contributed by atoms with E-state index in [-0.39, 0.29) is 6.04 Å². The number of nitrogens with one attached hydrogen (secondary N) is 1. The molecule has 2 atom stereocenters. The molecule has 1 fully saturated rings. The second-order valence-corrected chi connectivity index (χ2v) is 3.09. The van der Waals surface area contributed by atoms with E-state index in [9.17, 15) is 4.79 Å². The monoisotopic (exact) mass is 153 g/mol. The zero-order chi connectivity index (χ0) is 8.27. The minimum atomic E-state index is 0.0144. The van der Waals surface area contributed by atoms with Crippen LogP contribution in [0.3, 0.4) is 0 Å². The van der Waals surface area contributed by atoms with E-state index in [1.54, 1.807) is 0 Å². The van der Waals surface area contributed by atoms with Crippen molar-refractivity contribution in [3.63, 3.8) is 0 Å². The summed E-state index contributed by atoms with van der Waals surface area (Å²) in [6.45, 7) is 5.63. The van der Waals surface area contributed by atoms with E-state index < -0.39 is 0 Å². The van der Waals surface area contributed by atoms with Gasteiger partial charge in [-0.3, -0.25) is 4.79 Å². The van der Waals surface area contributed by atoms with Crippen molar-refractivity contribution < 1.29 is 4.79 Å². The van der Waals surface area contributed by atoms with Crippen LogP contribution in [0.25, 0.3) is 0 Å². The number of carbonyl (C=O) groups excluding carboxylic acids is 1. The number of hydrogen-bond donors (Lipinski definition) is 1. The number of hydrogen-bond acceptors (Lipinski definition) is 2. The van der Waals surface area contributed by atoms with Crippen molar-refractivity contribution in [3.05, 3.63) is 12.7 Å². The van der Waals surface area contributed by atoms with Crippen LogP contribution in [-0.2, 0) is 4.79 Å². The molecule has 1 heterocycles. The molecule has 0 aliphatic carbocycles. The van der Waals surface area contributed by atoms with Crippen molar-refractivity contribution in [2.24, 2.45) is 0 Å². The molecular formula is C9H15NO. The van der Waals surface area contributed by atoms with Gasteiger partial charge in [-0.15, -0.1) is 6.58 Å². The van der Waals surface area contributed by atoms with Gasteiger partial charge < -0.3 is 5.32 Å². The van der Waals surface area contributed by atoms with Gasteiger partial charge in [0.25, 0.3) is 0 Å². The number of ketones is 1. The molecule has 2 unspecified atom stereocenters. The van der Waals surface area contributed by atoms with E-state index in [0.717, 1.165) is 19.3 Å². The highest BCUT2D eigenvalue weighted by molar-refractivity contribution is 5.83. The van der Waals surface area contributed by atoms with Crippen LogP contribution in [0, 0.1) is 0 Å². The lowest BCUT2D eigenvalue weighted by Gasteiger charge is -2.14. The van der Waals surface area contributed by atoms with Gasteiger partial charge in [-0.1, -0.05) is 6.08 Å². The molecule has 0 spiro atoms. The molecule has 0 aromatic rings. The summed E-state index contributed by atoms with van der Waals surface area (Å²) >= 11 is 0. The van der Waals surface area contributed by atoms with Gasteiger partial charge in [-0.05, 0) is 19.8 Å². The lowest BCUT2D eigenvalue weighted by Crippen LogP contribution is -2.37. The van der Waals surface area contributed by atoms with Crippen LogP contribution < -0.4 is 5.32 Å². The van der Waals surface area contributed by atoms with Crippen LogP contribution >= 0.6 is 0 Å². The molecule has 2 heteroatoms. The Kier molecular flexibility index (Phi) is 2.83. The van der Waals surface area contributed by atoms with Gasteiger partial charge in [-0.25, -0.2) is 0 Å². The third-order valence-corrected chi connectivity index (χ3v) is 2.17. The molecule has 1 rings (SSSR count). The van der Waals surface area contributed by atoms with Crippen molar-refractivity contribution in [2.75, 3.05) is 0 Å². The van der Waals surface area contributed by atoms with Crippen molar-refractivity contribution in [1.82, 2.24) is 5.32 Å². The average Bonchev–Trinajstić information content (AvgIpc) is 2.15. The Bertz CT molecular complexity index is 165. The maximum atomic E-state index is 11.2. The first kappa shape index (κ1) is 8.47. The first-order chi connectivity index (χ1) is 5.24. The molecule has 11 heavy (non-hydrogen) atoms. The van der Waals surface area contributed by atoms with Gasteiger partial charge in [-0.2, -0.15) is 0 Å². The third kappa shape index (κ3) is 2.15. The fourth-order valence-electron chi connectivity index (χ4n) is 1.40. The highest BCUT2D eigenvalue weighted by atomic mass is 16.1. The van der Waals surface area contributed by atoms with E-state index in [4.69, 9.17) is 0 Å². The van der Waals surface area contributed by atoms with E-state index in [0.29, 0.717) is 11.8 Å². The summed E-state index contributed by atoms with van der Waals surface area (Å²) in [5, 5.41) is 3.21. The molecule has 1 saturated heterocycles. The van der Waals surface area contributed by atoms with Crippen molar-refractivity contribution in [2.45, 2.75) is 38.3 Å². The summed E-state index contributed by atoms with van der Waals surface area (Å²) in [6.07, 6.45) is 4.64. The number of carbonyl (C=O) groups is 1. The lowest BCUT2D eigenvalue weighted by atomic mass is 10.1. The summed E-state index contributed by atoms with van der Waals surface area (Å²) < 4.78 is 0. The molecular weight excluding hydrogens is 138 g/mol. The van der Waals surface area contributed by atoms with E-state index in [1.807, 2.05) is 13.0 Å². The average molecular weight is 153 g/mol. The molecule has 1 aliphatic rings. The van der Waals surface area contributed by atoms with E-state index in [1.165, 1.54) is 0 Å². The minimum absolute atomic E-state index is 0.0144. The molecule has 0 radical (unpaired) electrons. The summed E-state index contributed by atoms with van der Waals surface area (Å²) in [5.41, 5.74) is 0. The molecule has 1 N–H and O–H groups in total. The number of rotatable bonds is 1. The van der Waals surface area contributed by atoms with Gasteiger partial charge in [0, 0.05) is 12.5 Å². The molecule has 0 aromatic heterocycles. The topological polar surface area (TPSA) is 29.1 Å². The highest BCUT2D eigenvalue weighted by Crippen LogP contribution is 2.10. The van der Waals surface area contributed by atoms with Crippen molar-refractivity contribution >= 4 is 5.78 Å². The molecule has 0 amide bonds. The first-order valence-electron chi connectivity index (χ1n) is 4.15. The smallest absolute Gasteiger partial charge is 0.149 e. The van der Waals surface area contributed by atoms with Gasteiger partial charge in [0.1, 0.15) is 5.78 Å². The lowest BCUT2D eigenvalue weighted by molar-refractivity contribution is -0.120. The van der Waals surface area contributed by atoms with E-state index >= 15 is 0 Å². The van der Waals surface area contributed by atoms with Crippen molar-refractivity contribution in [3.8, 4) is 0 Å². The van der Waals surface area contributed by atoms with E-state index in [2.05, 4.69) is 11.9 Å². The molecule has 1 aliphatic heterocycles. The first-order valence-corrected chi connectivity index (χ1v) is 4.15. The van der Waals surface area contributed by atoms with Crippen LogP contribution in [0.4, 0.5) is 0 Å². The van der Waals surface area contributed by atoms with Crippen LogP contribution in [-0.4, -0.2) is 17.9 Å². The minimum Gasteiger partial charge on any atom is -0.301 e. The standard InChI is InChI=1S/C9H15NO/c1-3-8-5-4-6-9(11)7(2)10-8/h3,7-8,10H,1,4-6H2,2H3. The summed E-state index contributed by atoms with van der Waals surface area (Å²) in [7, 11) is 0. The van der Waals surface area contributed by atoms with Crippen LogP contribution in [0.1, 0.15) is 26.2 Å². The largest absolute Gasteiger partial charge is 0.301 e. The maximum absolute atomic E-state index is 11.2. The quantitative estimate of drug-likeness (QED) is 0.575. The Balaban J connectivity index is 2.54. The second kappa shape index (κ2) is 3.67. The fourth-order valence-corrected chi connectivity index (χ4v) is 1.40. The van der Waals surface area contributed by atoms with Gasteiger partial charge in [0.15, 0.2) is 0 Å². The Labute approximate surface area is 67.7 Å². The zero-order valence-corrected chi connectivity index (χ0v) is 6.97. The Hall–Kier alpha value is -0.630. The maximum Gasteiger partial charge on any atom is 0.149 e. The Morgan fingerprint density at radius 2 is 2.45 bits per heavy atom. The predicted octanol–water partition coefficient (Wildman–Crippen LogP) is 1.27. The fraction of sp³-hybridized carbons (Fsp3) is 0.667. The summed E-state index contributed by atoms with van der Waals surface area (Å²) in [4.78, 5) is 11.2. The van der Waals surface area contributed by atoms with Crippen LogP contribution in [0.2, 0.25) is 0 Å². The summed E-state index contributed by atoms with van der Waals surface area (Å²) in [6, 6.07) is 0.344. The Morgan fingerprint density at radius 1 is 1.73 bits per heavy atom. The van der Waals surface area contributed by atoms with Crippen LogP contribution in [0.15, 0.2) is 12.7 Å². The summed E-state index contributed by atoms with van der Waals surface area (Å²) in [5.74, 6) is 0.328. The molecule has 2 nitrogen and oxygen atoms in total. The third-order valence-electron chi connectivity index (χ3n) is 2.17. The zero-order valence-electron chi connectivity index (χ0n) is 6.97. The number of Topliss-reactive ketones (excluding diaryl/α,β-unsaturated/α-hetero) is 1. The Morgan fingerprint density at radius 3 is 3.09 bits per heavy atom. The molecule has 0 aromatic carbocycles. The second-order valence-electron chi connectivity index (χ2n) is 3.09. The van der Waals surface area contributed by atoms with Gasteiger partial charge in [0.2, 0.25) is 0 Å². The van der Waals surface area contributed by atoms with Gasteiger partial charge in [0.05, 0.1) is 6.04 Å². The molecule has 0 saturated carbocycles. The SMILES string of the molecule is C=CC1CCCC(=O)C(C)N1. The van der Waals surface area contributed by atoms with Crippen LogP contribution in [0.5, 0.6) is 0 Å². The predicted molar refractivity (Wildman–Crippen MR) is 45.4 cm³/mol. The normalized spacial score (nSPS) is 33.0. The molecule has 0 bridgehead atoms. The molecule has 62 valence electrons.